The Labute approximate surface area is 115 Å². The fraction of sp³-hybridized carbons (Fsp3) is 0.667. The van der Waals surface area contributed by atoms with E-state index in [1.54, 1.807) is 19.4 Å². The molecule has 1 aromatic heterocycles. The van der Waals surface area contributed by atoms with E-state index in [-0.39, 0.29) is 10.9 Å². The normalized spacial score (nSPS) is 12.3. The van der Waals surface area contributed by atoms with E-state index in [9.17, 15) is 8.42 Å². The van der Waals surface area contributed by atoms with E-state index >= 15 is 0 Å². The number of nitrogens with two attached hydrogens (primary N) is 1. The summed E-state index contributed by atoms with van der Waals surface area (Å²) in [4.78, 5) is 0.263. The molecule has 0 bridgehead atoms. The van der Waals surface area contributed by atoms with E-state index in [0.717, 1.165) is 5.69 Å². The number of nitrogens with zero attached hydrogens (tertiary/aromatic N) is 1. The summed E-state index contributed by atoms with van der Waals surface area (Å²) in [6.45, 7) is 5.19. The van der Waals surface area contributed by atoms with Gasteiger partial charge in [-0.1, -0.05) is 0 Å². The van der Waals surface area contributed by atoms with E-state index in [1.807, 2.05) is 18.4 Å². The van der Waals surface area contributed by atoms with Gasteiger partial charge in [-0.2, -0.15) is 0 Å². The lowest BCUT2D eigenvalue weighted by atomic mass is 10.3. The van der Waals surface area contributed by atoms with Crippen LogP contribution in [0.2, 0.25) is 0 Å². The summed E-state index contributed by atoms with van der Waals surface area (Å²) < 4.78 is 33.5. The molecule has 7 heteroatoms. The first-order valence-corrected chi connectivity index (χ1v) is 7.80. The van der Waals surface area contributed by atoms with Crippen molar-refractivity contribution < 1.29 is 13.2 Å². The Kier molecular flexibility index (Phi) is 5.99. The zero-order valence-electron chi connectivity index (χ0n) is 11.7. The summed E-state index contributed by atoms with van der Waals surface area (Å²) in [5.74, 6) is 0. The molecule has 0 radical (unpaired) electrons. The van der Waals surface area contributed by atoms with Crippen molar-refractivity contribution in [1.29, 1.82) is 0 Å². The second-order valence-electron chi connectivity index (χ2n) is 4.62. The SMILES string of the molecule is COCCCNS(=O)(=O)c1cc(CN)n(C(C)C)c1. The molecule has 0 unspecified atom stereocenters. The third-order valence-corrected chi connectivity index (χ3v) is 4.23. The van der Waals surface area contributed by atoms with Crippen LogP contribution in [0.15, 0.2) is 17.2 Å². The minimum Gasteiger partial charge on any atom is -0.385 e. The van der Waals surface area contributed by atoms with Gasteiger partial charge in [0, 0.05) is 44.7 Å². The van der Waals surface area contributed by atoms with Crippen molar-refractivity contribution in [2.24, 2.45) is 5.73 Å². The number of methoxy groups -OCH3 is 1. The zero-order valence-corrected chi connectivity index (χ0v) is 12.5. The molecular weight excluding hydrogens is 266 g/mol. The highest BCUT2D eigenvalue weighted by Gasteiger charge is 2.18. The van der Waals surface area contributed by atoms with Crippen molar-refractivity contribution >= 4 is 10.0 Å². The lowest BCUT2D eigenvalue weighted by Crippen LogP contribution is -2.25. The predicted molar refractivity (Wildman–Crippen MR) is 74.4 cm³/mol. The third kappa shape index (κ3) is 4.31. The number of hydrogen-bond acceptors (Lipinski definition) is 4. The smallest absolute Gasteiger partial charge is 0.242 e. The number of hydrogen-bond donors (Lipinski definition) is 2. The summed E-state index contributed by atoms with van der Waals surface area (Å²) in [6, 6.07) is 1.80. The van der Waals surface area contributed by atoms with Gasteiger partial charge in [0.05, 0.1) is 4.90 Å². The molecule has 1 heterocycles. The first-order chi connectivity index (χ1) is 8.92. The molecule has 1 aromatic rings. The highest BCUT2D eigenvalue weighted by atomic mass is 32.2. The molecule has 0 aliphatic heterocycles. The Morgan fingerprint density at radius 3 is 2.63 bits per heavy atom. The molecule has 110 valence electrons. The molecule has 0 atom stereocenters. The number of ether oxygens (including phenoxy) is 1. The minimum absolute atomic E-state index is 0.177. The average Bonchev–Trinajstić information content (AvgIpc) is 2.79. The molecule has 0 amide bonds. The summed E-state index contributed by atoms with van der Waals surface area (Å²) in [7, 11) is -1.88. The van der Waals surface area contributed by atoms with Gasteiger partial charge in [0.1, 0.15) is 0 Å². The quantitative estimate of drug-likeness (QED) is 0.694. The number of nitrogens with one attached hydrogen (secondary N) is 1. The van der Waals surface area contributed by atoms with Crippen molar-refractivity contribution in [1.82, 2.24) is 9.29 Å². The molecule has 0 aromatic carbocycles. The van der Waals surface area contributed by atoms with Crippen molar-refractivity contribution in [3.05, 3.63) is 18.0 Å². The van der Waals surface area contributed by atoms with Gasteiger partial charge in [-0.25, -0.2) is 13.1 Å². The van der Waals surface area contributed by atoms with E-state index in [2.05, 4.69) is 4.72 Å². The van der Waals surface area contributed by atoms with Crippen LogP contribution < -0.4 is 10.5 Å². The van der Waals surface area contributed by atoms with E-state index in [4.69, 9.17) is 10.5 Å². The van der Waals surface area contributed by atoms with Crippen molar-refractivity contribution in [2.45, 2.75) is 37.8 Å². The largest absolute Gasteiger partial charge is 0.385 e. The molecule has 0 fully saturated rings. The molecular formula is C12H23N3O3S. The molecule has 0 saturated carbocycles. The first-order valence-electron chi connectivity index (χ1n) is 6.31. The van der Waals surface area contributed by atoms with Gasteiger partial charge in [0.25, 0.3) is 0 Å². The standard InChI is InChI=1S/C12H23N3O3S/c1-10(2)15-9-12(7-11(15)8-13)19(16,17)14-5-4-6-18-3/h7,9-10,14H,4-6,8,13H2,1-3H3. The van der Waals surface area contributed by atoms with E-state index < -0.39 is 10.0 Å². The molecule has 6 nitrogen and oxygen atoms in total. The highest BCUT2D eigenvalue weighted by molar-refractivity contribution is 7.89. The fourth-order valence-corrected chi connectivity index (χ4v) is 2.92. The van der Waals surface area contributed by atoms with Crippen LogP contribution in [-0.2, 0) is 21.3 Å². The third-order valence-electron chi connectivity index (χ3n) is 2.80. The van der Waals surface area contributed by atoms with E-state index in [1.165, 1.54) is 0 Å². The maximum Gasteiger partial charge on any atom is 0.242 e. The lowest BCUT2D eigenvalue weighted by molar-refractivity contribution is 0.196. The van der Waals surface area contributed by atoms with Crippen LogP contribution in [0.4, 0.5) is 0 Å². The Morgan fingerprint density at radius 2 is 2.16 bits per heavy atom. The number of sulfonamides is 1. The van der Waals surface area contributed by atoms with Gasteiger partial charge < -0.3 is 15.0 Å². The number of rotatable bonds is 8. The maximum absolute atomic E-state index is 12.1. The van der Waals surface area contributed by atoms with Crippen LogP contribution in [0.3, 0.4) is 0 Å². The fourth-order valence-electron chi connectivity index (χ4n) is 1.79. The Morgan fingerprint density at radius 1 is 1.47 bits per heavy atom. The highest BCUT2D eigenvalue weighted by Crippen LogP contribution is 2.18. The van der Waals surface area contributed by atoms with Crippen LogP contribution in [0.1, 0.15) is 32.0 Å². The topological polar surface area (TPSA) is 86.3 Å². The van der Waals surface area contributed by atoms with Gasteiger partial charge in [0.15, 0.2) is 0 Å². The Bertz CT molecular complexity index is 494. The van der Waals surface area contributed by atoms with Crippen LogP contribution in [-0.4, -0.2) is 33.2 Å². The van der Waals surface area contributed by atoms with Crippen LogP contribution in [0.5, 0.6) is 0 Å². The minimum atomic E-state index is -3.47. The van der Waals surface area contributed by atoms with Crippen molar-refractivity contribution in [3.8, 4) is 0 Å². The van der Waals surface area contributed by atoms with Crippen molar-refractivity contribution in [2.75, 3.05) is 20.3 Å². The monoisotopic (exact) mass is 289 g/mol. The van der Waals surface area contributed by atoms with Gasteiger partial charge in [-0.05, 0) is 26.3 Å². The van der Waals surface area contributed by atoms with Crippen LogP contribution in [0, 0.1) is 0 Å². The molecule has 0 spiro atoms. The average molecular weight is 289 g/mol. The lowest BCUT2D eigenvalue weighted by Gasteiger charge is -2.10. The molecule has 19 heavy (non-hydrogen) atoms. The summed E-state index contributed by atoms with van der Waals surface area (Å²) in [5.41, 5.74) is 6.44. The van der Waals surface area contributed by atoms with Gasteiger partial charge >= 0.3 is 0 Å². The Hall–Kier alpha value is -0.890. The Balaban J connectivity index is 2.83. The predicted octanol–water partition coefficient (Wildman–Crippen LogP) is 0.843. The molecule has 0 aliphatic rings. The second kappa shape index (κ2) is 7.04. The van der Waals surface area contributed by atoms with E-state index in [0.29, 0.717) is 26.1 Å². The number of aromatic nitrogens is 1. The van der Waals surface area contributed by atoms with Gasteiger partial charge in [-0.15, -0.1) is 0 Å². The molecule has 0 saturated heterocycles. The summed E-state index contributed by atoms with van der Waals surface area (Å²) >= 11 is 0. The van der Waals surface area contributed by atoms with Gasteiger partial charge in [-0.3, -0.25) is 0 Å². The summed E-state index contributed by atoms with van der Waals surface area (Å²) in [5, 5.41) is 0. The van der Waals surface area contributed by atoms with Crippen LogP contribution >= 0.6 is 0 Å². The summed E-state index contributed by atoms with van der Waals surface area (Å²) in [6.07, 6.45) is 2.27. The molecule has 0 aliphatic carbocycles. The molecule has 1 rings (SSSR count). The van der Waals surface area contributed by atoms with Crippen LogP contribution in [0.25, 0.3) is 0 Å². The van der Waals surface area contributed by atoms with Gasteiger partial charge in [0.2, 0.25) is 10.0 Å². The zero-order chi connectivity index (χ0) is 14.5. The first kappa shape index (κ1) is 16.2. The molecule has 3 N–H and O–H groups in total. The second-order valence-corrected chi connectivity index (χ2v) is 6.38. The van der Waals surface area contributed by atoms with Crippen molar-refractivity contribution in [3.63, 3.8) is 0 Å². The maximum atomic E-state index is 12.1.